The molecule has 0 saturated heterocycles. The van der Waals surface area contributed by atoms with Gasteiger partial charge in [0.2, 0.25) is 0 Å². The number of hydrogen-bond acceptors (Lipinski definition) is 5. The van der Waals surface area contributed by atoms with Crippen LogP contribution in [0.15, 0.2) is 23.0 Å². The second kappa shape index (κ2) is 5.09. The second-order valence-electron chi connectivity index (χ2n) is 6.71. The van der Waals surface area contributed by atoms with Gasteiger partial charge >= 0.3 is 0 Å². The van der Waals surface area contributed by atoms with Crippen molar-refractivity contribution in [1.29, 1.82) is 0 Å². The van der Waals surface area contributed by atoms with Gasteiger partial charge in [-0.3, -0.25) is 4.79 Å². The number of ether oxygens (including phenoxy) is 1. The summed E-state index contributed by atoms with van der Waals surface area (Å²) in [5.74, 6) is 0.630. The van der Waals surface area contributed by atoms with Gasteiger partial charge in [-0.25, -0.2) is 0 Å². The van der Waals surface area contributed by atoms with Gasteiger partial charge in [-0.15, -0.1) is 0 Å². The van der Waals surface area contributed by atoms with Gasteiger partial charge in [-0.1, -0.05) is 0 Å². The predicted molar refractivity (Wildman–Crippen MR) is 94.4 cm³/mol. The van der Waals surface area contributed by atoms with Gasteiger partial charge in [-0.2, -0.15) is 0 Å². The molecule has 0 fully saturated rings. The van der Waals surface area contributed by atoms with Crippen molar-refractivity contribution in [1.82, 2.24) is 4.57 Å². The Kier molecular flexibility index (Phi) is 3.23. The molecule has 0 radical (unpaired) electrons. The van der Waals surface area contributed by atoms with E-state index in [1.54, 1.807) is 17.7 Å². The summed E-state index contributed by atoms with van der Waals surface area (Å²) in [6.45, 7) is 4.75. The molecule has 3 N–H and O–H groups in total. The molecular weight excluding hydrogens is 306 g/mol. The number of aromatic nitrogens is 1. The minimum absolute atomic E-state index is 0.0801. The lowest BCUT2D eigenvalue weighted by Crippen LogP contribution is -2.45. The summed E-state index contributed by atoms with van der Waals surface area (Å²) >= 11 is 0. The van der Waals surface area contributed by atoms with Crippen molar-refractivity contribution >= 4 is 22.2 Å². The Morgan fingerprint density at radius 3 is 2.83 bits per heavy atom. The molecule has 0 saturated carbocycles. The van der Waals surface area contributed by atoms with Crippen molar-refractivity contribution < 1.29 is 9.84 Å². The number of aliphatic hydroxyl groups is 1. The first-order valence-electron chi connectivity index (χ1n) is 8.07. The summed E-state index contributed by atoms with van der Waals surface area (Å²) in [5, 5.41) is 11.5. The first-order chi connectivity index (χ1) is 11.4. The third-order valence-corrected chi connectivity index (χ3v) is 4.96. The number of pyridine rings is 1. The molecule has 2 aliphatic heterocycles. The highest BCUT2D eigenvalue weighted by Crippen LogP contribution is 2.46. The van der Waals surface area contributed by atoms with E-state index < -0.39 is 6.23 Å². The zero-order valence-electron chi connectivity index (χ0n) is 14.0. The number of aryl methyl sites for hydroxylation is 2. The molecule has 6 nitrogen and oxygen atoms in total. The van der Waals surface area contributed by atoms with E-state index in [1.807, 2.05) is 24.8 Å². The maximum Gasteiger partial charge on any atom is 0.251 e. The van der Waals surface area contributed by atoms with Gasteiger partial charge in [0, 0.05) is 30.6 Å². The van der Waals surface area contributed by atoms with Crippen LogP contribution in [-0.2, 0) is 7.05 Å². The maximum atomic E-state index is 12.3. The SMILES string of the molecule is CC1=CC(O)N2CC(N)COc3c2c1cc1c(C)cc(=O)n(C)c31. The lowest BCUT2D eigenvalue weighted by atomic mass is 9.94. The van der Waals surface area contributed by atoms with Crippen molar-refractivity contribution in [2.45, 2.75) is 26.1 Å². The van der Waals surface area contributed by atoms with Crippen LogP contribution in [-0.4, -0.2) is 35.1 Å². The Morgan fingerprint density at radius 2 is 2.08 bits per heavy atom. The highest BCUT2D eigenvalue weighted by Gasteiger charge is 2.33. The zero-order chi connectivity index (χ0) is 17.2. The standard InChI is InChI=1S/C18H21N3O3/c1-9-4-14(22)20(3)16-12(9)6-13-10(2)5-15(23)21-7-11(19)8-24-18(16)17(13)21/h4-6,11,15,23H,7-8,19H2,1-3H3. The lowest BCUT2D eigenvalue weighted by molar-refractivity contribution is 0.212. The van der Waals surface area contributed by atoms with E-state index in [0.717, 1.165) is 33.3 Å². The highest BCUT2D eigenvalue weighted by atomic mass is 16.5. The molecule has 2 unspecified atom stereocenters. The number of nitrogens with zero attached hydrogens (tertiary/aromatic N) is 2. The van der Waals surface area contributed by atoms with E-state index in [4.69, 9.17) is 10.5 Å². The van der Waals surface area contributed by atoms with E-state index in [1.165, 1.54) is 0 Å². The topological polar surface area (TPSA) is 80.7 Å². The van der Waals surface area contributed by atoms with Crippen LogP contribution in [0, 0.1) is 6.92 Å². The van der Waals surface area contributed by atoms with Crippen LogP contribution in [0.2, 0.25) is 0 Å². The highest BCUT2D eigenvalue weighted by molar-refractivity contribution is 6.00. The maximum absolute atomic E-state index is 12.3. The summed E-state index contributed by atoms with van der Waals surface area (Å²) in [6, 6.07) is 3.50. The van der Waals surface area contributed by atoms with Crippen LogP contribution < -0.4 is 20.9 Å². The van der Waals surface area contributed by atoms with Crippen molar-refractivity contribution in [3.05, 3.63) is 39.7 Å². The van der Waals surface area contributed by atoms with Gasteiger partial charge in [-0.05, 0) is 37.1 Å². The number of benzene rings is 1. The first kappa shape index (κ1) is 15.2. The average molecular weight is 327 g/mol. The van der Waals surface area contributed by atoms with Crippen molar-refractivity contribution in [2.75, 3.05) is 18.1 Å². The van der Waals surface area contributed by atoms with Gasteiger partial charge in [0.15, 0.2) is 5.75 Å². The number of fused-ring (bicyclic) bond motifs is 2. The zero-order valence-corrected chi connectivity index (χ0v) is 14.0. The Morgan fingerprint density at radius 1 is 1.33 bits per heavy atom. The molecule has 0 aliphatic carbocycles. The molecule has 0 amide bonds. The largest absolute Gasteiger partial charge is 0.487 e. The second-order valence-corrected chi connectivity index (χ2v) is 6.71. The third kappa shape index (κ3) is 2.00. The predicted octanol–water partition coefficient (Wildman–Crippen LogP) is 1.11. The quantitative estimate of drug-likeness (QED) is 0.757. The molecule has 1 aromatic carbocycles. The molecule has 6 heteroatoms. The molecule has 0 bridgehead atoms. The fourth-order valence-corrected chi connectivity index (χ4v) is 3.69. The fraction of sp³-hybridized carbons (Fsp3) is 0.389. The number of nitrogens with two attached hydrogens (primary N) is 1. The number of anilines is 1. The Labute approximate surface area is 139 Å². The normalized spacial score (nSPS) is 22.7. The van der Waals surface area contributed by atoms with E-state index in [9.17, 15) is 9.90 Å². The smallest absolute Gasteiger partial charge is 0.251 e. The minimum Gasteiger partial charge on any atom is -0.487 e. The Hall–Kier alpha value is -2.31. The molecule has 24 heavy (non-hydrogen) atoms. The molecule has 1 aromatic heterocycles. The van der Waals surface area contributed by atoms with Crippen molar-refractivity contribution in [3.8, 4) is 5.75 Å². The summed E-state index contributed by atoms with van der Waals surface area (Å²) < 4.78 is 7.65. The molecule has 0 spiro atoms. The molecular formula is C18H21N3O3. The number of allylic oxidation sites excluding steroid dienone is 1. The van der Waals surface area contributed by atoms with Crippen LogP contribution in [0.4, 0.5) is 5.69 Å². The molecule has 3 heterocycles. The van der Waals surface area contributed by atoms with Crippen molar-refractivity contribution in [3.63, 3.8) is 0 Å². The van der Waals surface area contributed by atoms with E-state index >= 15 is 0 Å². The van der Waals surface area contributed by atoms with Crippen LogP contribution >= 0.6 is 0 Å². The molecule has 2 atom stereocenters. The number of aliphatic hydroxyl groups excluding tert-OH is 1. The molecule has 2 aromatic rings. The van der Waals surface area contributed by atoms with Crippen LogP contribution in [0.1, 0.15) is 18.1 Å². The molecule has 4 rings (SSSR count). The minimum atomic E-state index is -0.747. The number of rotatable bonds is 0. The molecule has 126 valence electrons. The fourth-order valence-electron chi connectivity index (χ4n) is 3.69. The van der Waals surface area contributed by atoms with Crippen LogP contribution in [0.3, 0.4) is 0 Å². The molecule has 2 aliphatic rings. The monoisotopic (exact) mass is 327 g/mol. The summed E-state index contributed by atoms with van der Waals surface area (Å²) in [7, 11) is 1.74. The van der Waals surface area contributed by atoms with Gasteiger partial charge in [0.25, 0.3) is 5.56 Å². The third-order valence-electron chi connectivity index (χ3n) is 4.96. The van der Waals surface area contributed by atoms with E-state index in [-0.39, 0.29) is 11.6 Å². The van der Waals surface area contributed by atoms with Crippen molar-refractivity contribution in [2.24, 2.45) is 12.8 Å². The summed E-state index contributed by atoms with van der Waals surface area (Å²) in [4.78, 5) is 14.1. The van der Waals surface area contributed by atoms with Gasteiger partial charge < -0.3 is 25.0 Å². The average Bonchev–Trinajstić information content (AvgIpc) is 2.70. The summed E-state index contributed by atoms with van der Waals surface area (Å²) in [6.07, 6.45) is 1.08. The lowest BCUT2D eigenvalue weighted by Gasteiger charge is -2.35. The Bertz CT molecular complexity index is 945. The number of hydrogen-bond donors (Lipinski definition) is 2. The van der Waals surface area contributed by atoms with Gasteiger partial charge in [0.05, 0.1) is 17.2 Å². The summed E-state index contributed by atoms with van der Waals surface area (Å²) in [5.41, 5.74) is 10.5. The first-order valence-corrected chi connectivity index (χ1v) is 8.07. The Balaban J connectivity index is 2.18. The van der Waals surface area contributed by atoms with Crippen LogP contribution in [0.5, 0.6) is 5.75 Å². The van der Waals surface area contributed by atoms with Gasteiger partial charge in [0.1, 0.15) is 12.8 Å². The van der Waals surface area contributed by atoms with E-state index in [0.29, 0.717) is 18.9 Å². The van der Waals surface area contributed by atoms with Crippen LogP contribution in [0.25, 0.3) is 16.5 Å². The van der Waals surface area contributed by atoms with E-state index in [2.05, 4.69) is 6.07 Å².